The van der Waals surface area contributed by atoms with Gasteiger partial charge in [0.25, 0.3) is 0 Å². The van der Waals surface area contributed by atoms with Crippen molar-refractivity contribution in [2.24, 2.45) is 27.2 Å². The van der Waals surface area contributed by atoms with Crippen molar-refractivity contribution in [2.45, 2.75) is 30.8 Å². The third-order valence-corrected chi connectivity index (χ3v) is 4.11. The van der Waals surface area contributed by atoms with Gasteiger partial charge in [-0.1, -0.05) is 0 Å². The van der Waals surface area contributed by atoms with E-state index in [4.69, 9.17) is 21.9 Å². The Morgan fingerprint density at radius 3 is 2.84 bits per heavy atom. The Labute approximate surface area is 110 Å². The molecule has 6 N–H and O–H groups in total. The third kappa shape index (κ3) is 1.38. The standard InChI is InChI=1S/C10H17N7O2/c1-16-7(11)14-5-6(19-9(13)18)15-8(12)17-4-2-3-10(5,16)17/h5-6H,2-4H2,1H3,(H2,11,14)(H2,12,15)(H2,13,18). The van der Waals surface area contributed by atoms with Crippen molar-refractivity contribution in [3.8, 4) is 0 Å². The van der Waals surface area contributed by atoms with Gasteiger partial charge >= 0.3 is 6.09 Å². The minimum absolute atomic E-state index is 0.330. The van der Waals surface area contributed by atoms with E-state index in [0.29, 0.717) is 11.9 Å². The number of rotatable bonds is 1. The van der Waals surface area contributed by atoms with Gasteiger partial charge in [0.15, 0.2) is 18.0 Å². The van der Waals surface area contributed by atoms with E-state index >= 15 is 0 Å². The van der Waals surface area contributed by atoms with Crippen LogP contribution in [0.15, 0.2) is 9.98 Å². The average molecular weight is 267 g/mol. The highest BCUT2D eigenvalue weighted by Crippen LogP contribution is 2.43. The Morgan fingerprint density at radius 1 is 1.42 bits per heavy atom. The van der Waals surface area contributed by atoms with E-state index in [-0.39, 0.29) is 0 Å². The summed E-state index contributed by atoms with van der Waals surface area (Å²) in [7, 11) is 1.86. The first-order valence-corrected chi connectivity index (χ1v) is 6.11. The van der Waals surface area contributed by atoms with Crippen LogP contribution >= 0.6 is 0 Å². The van der Waals surface area contributed by atoms with Crippen LogP contribution in [0.4, 0.5) is 4.79 Å². The highest BCUT2D eigenvalue weighted by molar-refractivity contribution is 5.86. The summed E-state index contributed by atoms with van der Waals surface area (Å²) in [5.41, 5.74) is 16.5. The Balaban J connectivity index is 2.05. The maximum Gasteiger partial charge on any atom is 0.406 e. The maximum absolute atomic E-state index is 11.0. The number of amides is 1. The fourth-order valence-electron chi connectivity index (χ4n) is 3.30. The summed E-state index contributed by atoms with van der Waals surface area (Å²) < 4.78 is 5.03. The van der Waals surface area contributed by atoms with Gasteiger partial charge in [0.1, 0.15) is 5.66 Å². The van der Waals surface area contributed by atoms with Crippen molar-refractivity contribution in [2.75, 3.05) is 13.6 Å². The molecule has 9 heteroatoms. The molecule has 3 aliphatic heterocycles. The lowest BCUT2D eigenvalue weighted by molar-refractivity contribution is -0.00626. The zero-order chi connectivity index (χ0) is 13.8. The first-order valence-electron chi connectivity index (χ1n) is 6.11. The van der Waals surface area contributed by atoms with Gasteiger partial charge in [-0.2, -0.15) is 0 Å². The predicted octanol–water partition coefficient (Wildman–Crippen LogP) is -1.84. The van der Waals surface area contributed by atoms with E-state index in [1.165, 1.54) is 0 Å². The Morgan fingerprint density at radius 2 is 2.16 bits per heavy atom. The van der Waals surface area contributed by atoms with Crippen LogP contribution in [0.3, 0.4) is 0 Å². The number of hydrogen-bond acceptors (Lipinski definition) is 8. The molecule has 0 aromatic carbocycles. The number of hydrogen-bond donors (Lipinski definition) is 3. The van der Waals surface area contributed by atoms with Gasteiger partial charge in [0.2, 0.25) is 6.23 Å². The molecule has 0 aromatic rings. The van der Waals surface area contributed by atoms with Crippen LogP contribution in [-0.2, 0) is 4.74 Å². The first kappa shape index (κ1) is 11.9. The van der Waals surface area contributed by atoms with Gasteiger partial charge in [0.05, 0.1) is 0 Å². The molecule has 3 atom stereocenters. The molecule has 3 heterocycles. The van der Waals surface area contributed by atoms with E-state index in [9.17, 15) is 4.79 Å². The largest absolute Gasteiger partial charge is 0.421 e. The lowest BCUT2D eigenvalue weighted by atomic mass is 9.94. The molecular weight excluding hydrogens is 250 g/mol. The number of carbonyl (C=O) groups is 1. The minimum atomic E-state index is -0.897. The van der Waals surface area contributed by atoms with Crippen molar-refractivity contribution in [3.05, 3.63) is 0 Å². The highest BCUT2D eigenvalue weighted by Gasteiger charge is 2.61. The zero-order valence-electron chi connectivity index (χ0n) is 10.6. The second kappa shape index (κ2) is 3.65. The van der Waals surface area contributed by atoms with Gasteiger partial charge < -0.3 is 31.7 Å². The predicted molar refractivity (Wildman–Crippen MR) is 67.9 cm³/mol. The molecule has 3 rings (SSSR count). The Hall–Kier alpha value is -2.19. The number of nitrogens with zero attached hydrogens (tertiary/aromatic N) is 4. The number of likely N-dealkylation sites (N-methyl/N-ethyl adjacent to an activating group) is 1. The van der Waals surface area contributed by atoms with Crippen LogP contribution in [0, 0.1) is 0 Å². The summed E-state index contributed by atoms with van der Waals surface area (Å²) in [6, 6.07) is -0.403. The number of guanidine groups is 2. The molecule has 0 bridgehead atoms. The number of aliphatic imine (C=N–C) groups is 2. The summed E-state index contributed by atoms with van der Waals surface area (Å²) in [5.74, 6) is 0.719. The van der Waals surface area contributed by atoms with Crippen LogP contribution in [0.2, 0.25) is 0 Å². The minimum Gasteiger partial charge on any atom is -0.421 e. The Bertz CT molecular complexity index is 490. The molecule has 0 saturated carbocycles. The zero-order valence-corrected chi connectivity index (χ0v) is 10.6. The van der Waals surface area contributed by atoms with Gasteiger partial charge in [-0.25, -0.2) is 14.8 Å². The van der Waals surface area contributed by atoms with E-state index in [1.54, 1.807) is 0 Å². The quantitative estimate of drug-likeness (QED) is 0.510. The summed E-state index contributed by atoms with van der Waals surface area (Å²) in [6.07, 6.45) is 0.0536. The van der Waals surface area contributed by atoms with E-state index in [1.807, 2.05) is 16.8 Å². The van der Waals surface area contributed by atoms with Crippen LogP contribution < -0.4 is 17.2 Å². The first-order chi connectivity index (χ1) is 8.96. The van der Waals surface area contributed by atoms with E-state index in [2.05, 4.69) is 9.98 Å². The van der Waals surface area contributed by atoms with Crippen molar-refractivity contribution < 1.29 is 9.53 Å². The molecule has 0 aliphatic carbocycles. The molecular formula is C10H17N7O2. The van der Waals surface area contributed by atoms with Crippen LogP contribution in [-0.4, -0.2) is 59.3 Å². The monoisotopic (exact) mass is 267 g/mol. The number of nitrogens with two attached hydrogens (primary N) is 3. The smallest absolute Gasteiger partial charge is 0.406 e. The van der Waals surface area contributed by atoms with Gasteiger partial charge in [-0.05, 0) is 12.8 Å². The molecule has 0 aromatic heterocycles. The molecule has 1 saturated heterocycles. The lowest BCUT2D eigenvalue weighted by Gasteiger charge is -2.48. The van der Waals surface area contributed by atoms with Crippen molar-refractivity contribution in [1.29, 1.82) is 0 Å². The molecule has 3 unspecified atom stereocenters. The average Bonchev–Trinajstić information content (AvgIpc) is 2.87. The molecule has 19 heavy (non-hydrogen) atoms. The summed E-state index contributed by atoms with van der Waals surface area (Å²) in [6.45, 7) is 0.780. The topological polar surface area (TPSA) is 136 Å². The lowest BCUT2D eigenvalue weighted by Crippen LogP contribution is -2.68. The normalized spacial score (nSPS) is 36.5. The molecule has 9 nitrogen and oxygen atoms in total. The van der Waals surface area contributed by atoms with Gasteiger partial charge in [0, 0.05) is 13.6 Å². The second-order valence-electron chi connectivity index (χ2n) is 4.94. The maximum atomic E-state index is 11.0. The SMILES string of the molecule is CN1C(N)=NC2C(OC(N)=O)N=C(N)N3CCCC213. The molecule has 1 amide bonds. The summed E-state index contributed by atoms with van der Waals surface area (Å²) in [4.78, 5) is 23.4. The second-order valence-corrected chi connectivity index (χ2v) is 4.94. The van der Waals surface area contributed by atoms with E-state index < -0.39 is 24.0 Å². The van der Waals surface area contributed by atoms with Crippen molar-refractivity contribution >= 4 is 18.0 Å². The summed E-state index contributed by atoms with van der Waals surface area (Å²) >= 11 is 0. The molecule has 3 aliphatic rings. The van der Waals surface area contributed by atoms with Crippen molar-refractivity contribution in [1.82, 2.24) is 9.80 Å². The number of ether oxygens (including phenoxy) is 1. The fourth-order valence-corrected chi connectivity index (χ4v) is 3.30. The van der Waals surface area contributed by atoms with Crippen LogP contribution in [0.5, 0.6) is 0 Å². The summed E-state index contributed by atoms with van der Waals surface area (Å²) in [5, 5.41) is 0. The van der Waals surface area contributed by atoms with E-state index in [0.717, 1.165) is 19.4 Å². The van der Waals surface area contributed by atoms with Gasteiger partial charge in [-0.3, -0.25) is 0 Å². The van der Waals surface area contributed by atoms with Gasteiger partial charge in [-0.15, -0.1) is 0 Å². The van der Waals surface area contributed by atoms with Crippen molar-refractivity contribution in [3.63, 3.8) is 0 Å². The molecule has 104 valence electrons. The third-order valence-electron chi connectivity index (χ3n) is 4.11. The van der Waals surface area contributed by atoms with Crippen LogP contribution in [0.1, 0.15) is 12.8 Å². The molecule has 1 fully saturated rings. The molecule has 1 spiro atoms. The number of carbonyl (C=O) groups excluding carboxylic acids is 1. The molecule has 0 radical (unpaired) electrons. The number of primary amides is 1. The fraction of sp³-hybridized carbons (Fsp3) is 0.700. The van der Waals surface area contributed by atoms with Crippen LogP contribution in [0.25, 0.3) is 0 Å². The highest BCUT2D eigenvalue weighted by atomic mass is 16.6. The Kier molecular flexibility index (Phi) is 2.28.